The Hall–Kier alpha value is -1.87. The molecule has 0 atom stereocenters. The fraction of sp³-hybridized carbons (Fsp3) is 0.250. The Bertz CT molecular complexity index is 621. The minimum atomic E-state index is 0.316. The molecule has 0 spiro atoms. The zero-order valence-corrected chi connectivity index (χ0v) is 12.4. The molecule has 4 heteroatoms. The number of aromatic nitrogens is 1. The van der Waals surface area contributed by atoms with Crippen LogP contribution in [0.4, 0.5) is 0 Å². The third-order valence-corrected chi connectivity index (χ3v) is 3.35. The van der Waals surface area contributed by atoms with Crippen LogP contribution < -0.4 is 4.74 Å². The van der Waals surface area contributed by atoms with Crippen LogP contribution in [0.2, 0.25) is 5.02 Å². The molecular weight excluding hydrogens is 274 g/mol. The predicted molar refractivity (Wildman–Crippen MR) is 80.0 cm³/mol. The minimum absolute atomic E-state index is 0.316. The van der Waals surface area contributed by atoms with Gasteiger partial charge in [-0.2, -0.15) is 0 Å². The van der Waals surface area contributed by atoms with Crippen molar-refractivity contribution in [2.75, 3.05) is 0 Å². The van der Waals surface area contributed by atoms with Crippen LogP contribution in [-0.2, 0) is 0 Å². The molecule has 20 heavy (non-hydrogen) atoms. The van der Waals surface area contributed by atoms with E-state index in [1.165, 1.54) is 6.20 Å². The summed E-state index contributed by atoms with van der Waals surface area (Å²) >= 11 is 6.23. The number of carbonyl (C=O) groups excluding carboxylic acids is 1. The number of nitrogens with zero attached hydrogens (tertiary/aromatic N) is 1. The van der Waals surface area contributed by atoms with Crippen LogP contribution in [0.25, 0.3) is 0 Å². The predicted octanol–water partition coefficient (Wildman–Crippen LogP) is 4.77. The first-order valence-electron chi connectivity index (χ1n) is 6.40. The van der Waals surface area contributed by atoms with Gasteiger partial charge in [-0.25, -0.2) is 4.98 Å². The molecule has 0 fully saturated rings. The lowest BCUT2D eigenvalue weighted by Crippen LogP contribution is -1.95. The fourth-order valence-corrected chi connectivity index (χ4v) is 2.29. The van der Waals surface area contributed by atoms with E-state index in [2.05, 4.69) is 18.8 Å². The van der Waals surface area contributed by atoms with Gasteiger partial charge in [0.05, 0.1) is 0 Å². The maximum Gasteiger partial charge on any atom is 0.219 e. The number of rotatable bonds is 4. The van der Waals surface area contributed by atoms with Crippen molar-refractivity contribution in [2.24, 2.45) is 0 Å². The second-order valence-electron chi connectivity index (χ2n) is 4.94. The zero-order valence-electron chi connectivity index (χ0n) is 11.7. The minimum Gasteiger partial charge on any atom is -0.439 e. The van der Waals surface area contributed by atoms with Gasteiger partial charge in [-0.1, -0.05) is 25.4 Å². The Morgan fingerprint density at radius 3 is 2.60 bits per heavy atom. The van der Waals surface area contributed by atoms with Crippen molar-refractivity contribution in [1.82, 2.24) is 4.98 Å². The van der Waals surface area contributed by atoms with Crippen molar-refractivity contribution in [1.29, 1.82) is 0 Å². The van der Waals surface area contributed by atoms with E-state index >= 15 is 0 Å². The molecule has 0 aliphatic carbocycles. The normalized spacial score (nSPS) is 10.7. The second kappa shape index (κ2) is 6.06. The number of halogens is 1. The van der Waals surface area contributed by atoms with E-state index in [1.54, 1.807) is 12.1 Å². The third-order valence-electron chi connectivity index (χ3n) is 3.03. The highest BCUT2D eigenvalue weighted by Gasteiger charge is 2.11. The van der Waals surface area contributed by atoms with Gasteiger partial charge in [0.25, 0.3) is 0 Å². The fourth-order valence-electron chi connectivity index (χ4n) is 1.86. The van der Waals surface area contributed by atoms with Crippen LogP contribution in [0.5, 0.6) is 11.6 Å². The Balaban J connectivity index is 2.32. The van der Waals surface area contributed by atoms with Crippen molar-refractivity contribution in [3.63, 3.8) is 0 Å². The molecular formula is C16H16ClNO2. The number of benzene rings is 1. The second-order valence-corrected chi connectivity index (χ2v) is 5.35. The number of carbonyl (C=O) groups is 1. The molecule has 0 aliphatic heterocycles. The summed E-state index contributed by atoms with van der Waals surface area (Å²) in [6.45, 7) is 6.10. The molecule has 3 nitrogen and oxygen atoms in total. The number of aldehydes is 1. The van der Waals surface area contributed by atoms with E-state index in [4.69, 9.17) is 16.3 Å². The topological polar surface area (TPSA) is 39.2 Å². The highest BCUT2D eigenvalue weighted by atomic mass is 35.5. The van der Waals surface area contributed by atoms with Crippen LogP contribution in [0.3, 0.4) is 0 Å². The molecule has 0 bridgehead atoms. The Morgan fingerprint density at radius 2 is 2.05 bits per heavy atom. The molecule has 0 aliphatic rings. The molecule has 0 N–H and O–H groups in total. The largest absolute Gasteiger partial charge is 0.439 e. The number of hydrogen-bond acceptors (Lipinski definition) is 3. The SMILES string of the molecule is Cc1cc(Cl)c(C(C)C)cc1Oc1ccc(C=O)cn1. The maximum atomic E-state index is 10.6. The van der Waals surface area contributed by atoms with E-state index < -0.39 is 0 Å². The smallest absolute Gasteiger partial charge is 0.219 e. The van der Waals surface area contributed by atoms with Gasteiger partial charge in [-0.15, -0.1) is 0 Å². The molecule has 0 saturated heterocycles. The summed E-state index contributed by atoms with van der Waals surface area (Å²) < 4.78 is 5.77. The molecule has 0 saturated carbocycles. The average Bonchev–Trinajstić information content (AvgIpc) is 2.42. The molecule has 0 radical (unpaired) electrons. The van der Waals surface area contributed by atoms with Gasteiger partial charge in [-0.3, -0.25) is 4.79 Å². The maximum absolute atomic E-state index is 10.6. The van der Waals surface area contributed by atoms with Gasteiger partial charge in [0.1, 0.15) is 5.75 Å². The molecule has 1 aromatic heterocycles. The molecule has 104 valence electrons. The lowest BCUT2D eigenvalue weighted by Gasteiger charge is -2.14. The van der Waals surface area contributed by atoms with Crippen molar-refractivity contribution < 1.29 is 9.53 Å². The van der Waals surface area contributed by atoms with Gasteiger partial charge in [0, 0.05) is 22.8 Å². The van der Waals surface area contributed by atoms with Crippen LogP contribution in [-0.4, -0.2) is 11.3 Å². The highest BCUT2D eigenvalue weighted by Crippen LogP contribution is 2.33. The van der Waals surface area contributed by atoms with E-state index in [0.29, 0.717) is 17.4 Å². The Labute approximate surface area is 123 Å². The number of hydrogen-bond donors (Lipinski definition) is 0. The summed E-state index contributed by atoms with van der Waals surface area (Å²) in [6.07, 6.45) is 2.23. The van der Waals surface area contributed by atoms with Gasteiger partial charge < -0.3 is 4.74 Å². The first-order chi connectivity index (χ1) is 9.51. The van der Waals surface area contributed by atoms with E-state index in [1.807, 2.05) is 19.1 Å². The van der Waals surface area contributed by atoms with Gasteiger partial charge in [0.2, 0.25) is 5.88 Å². The average molecular weight is 290 g/mol. The van der Waals surface area contributed by atoms with E-state index in [-0.39, 0.29) is 0 Å². The highest BCUT2D eigenvalue weighted by molar-refractivity contribution is 6.31. The van der Waals surface area contributed by atoms with Crippen LogP contribution >= 0.6 is 11.6 Å². The van der Waals surface area contributed by atoms with Gasteiger partial charge in [-0.05, 0) is 42.2 Å². The van der Waals surface area contributed by atoms with Crippen molar-refractivity contribution in [2.45, 2.75) is 26.7 Å². The lowest BCUT2D eigenvalue weighted by molar-refractivity contribution is 0.112. The first kappa shape index (κ1) is 14.5. The van der Waals surface area contributed by atoms with Crippen LogP contribution in [0.15, 0.2) is 30.5 Å². The zero-order chi connectivity index (χ0) is 14.7. The van der Waals surface area contributed by atoms with Crippen LogP contribution in [0, 0.1) is 6.92 Å². The molecule has 2 rings (SSSR count). The Kier molecular flexibility index (Phi) is 4.40. The first-order valence-corrected chi connectivity index (χ1v) is 6.78. The van der Waals surface area contributed by atoms with Crippen molar-refractivity contribution >= 4 is 17.9 Å². The summed E-state index contributed by atoms with van der Waals surface area (Å²) in [4.78, 5) is 14.7. The monoisotopic (exact) mass is 289 g/mol. The molecule has 1 aromatic carbocycles. The quantitative estimate of drug-likeness (QED) is 0.761. The van der Waals surface area contributed by atoms with Crippen molar-refractivity contribution in [3.8, 4) is 11.6 Å². The summed E-state index contributed by atoms with van der Waals surface area (Å²) in [5.41, 5.74) is 2.51. The summed E-state index contributed by atoms with van der Waals surface area (Å²) in [7, 11) is 0. The van der Waals surface area contributed by atoms with Gasteiger partial charge >= 0.3 is 0 Å². The third kappa shape index (κ3) is 3.17. The summed E-state index contributed by atoms with van der Waals surface area (Å²) in [5.74, 6) is 1.50. The molecule has 2 aromatic rings. The van der Waals surface area contributed by atoms with Crippen LogP contribution in [0.1, 0.15) is 41.3 Å². The molecule has 0 unspecified atom stereocenters. The molecule has 0 amide bonds. The lowest BCUT2D eigenvalue weighted by atomic mass is 10.0. The number of aryl methyl sites for hydroxylation is 1. The summed E-state index contributed by atoms with van der Waals surface area (Å²) in [5, 5.41) is 0.745. The number of pyridine rings is 1. The van der Waals surface area contributed by atoms with E-state index in [0.717, 1.165) is 28.2 Å². The molecule has 1 heterocycles. The standard InChI is InChI=1S/C16H16ClNO2/c1-10(2)13-7-15(11(3)6-14(13)17)20-16-5-4-12(9-19)8-18-16/h4-10H,1-3H3. The summed E-state index contributed by atoms with van der Waals surface area (Å²) in [6, 6.07) is 7.18. The number of ether oxygens (including phenoxy) is 1. The van der Waals surface area contributed by atoms with E-state index in [9.17, 15) is 4.79 Å². The van der Waals surface area contributed by atoms with Gasteiger partial charge in [0.15, 0.2) is 6.29 Å². The van der Waals surface area contributed by atoms with Crippen molar-refractivity contribution in [3.05, 3.63) is 52.2 Å². The Morgan fingerprint density at radius 1 is 1.30 bits per heavy atom.